The fourth-order valence-electron chi connectivity index (χ4n) is 2.24. The number of hydrogen-bond donors (Lipinski definition) is 2. The van der Waals surface area contributed by atoms with E-state index in [2.05, 4.69) is 5.32 Å². The summed E-state index contributed by atoms with van der Waals surface area (Å²) in [5.74, 6) is -1.47. The van der Waals surface area contributed by atoms with Crippen molar-refractivity contribution in [2.45, 2.75) is 32.7 Å². The Balaban J connectivity index is 2.64. The van der Waals surface area contributed by atoms with E-state index in [-0.39, 0.29) is 22.7 Å². The molecule has 1 aliphatic heterocycles. The third-order valence-corrected chi connectivity index (χ3v) is 2.99. The normalized spacial score (nSPS) is 13.8. The first-order chi connectivity index (χ1) is 8.50. The van der Waals surface area contributed by atoms with Gasteiger partial charge in [0.05, 0.1) is 5.56 Å². The number of carbonyl (C=O) groups excluding carboxylic acids is 1. The van der Waals surface area contributed by atoms with Crippen LogP contribution < -0.4 is 10.9 Å². The summed E-state index contributed by atoms with van der Waals surface area (Å²) in [6.45, 7) is 1.78. The Labute approximate surface area is 103 Å². The first-order valence-electron chi connectivity index (χ1n) is 5.78. The minimum absolute atomic E-state index is 0.0329. The summed E-state index contributed by atoms with van der Waals surface area (Å²) in [7, 11) is 0. The Morgan fingerprint density at radius 2 is 2.11 bits per heavy atom. The minimum atomic E-state index is -1.08. The van der Waals surface area contributed by atoms with E-state index < -0.39 is 5.97 Å². The van der Waals surface area contributed by atoms with Crippen LogP contribution in [0.4, 0.5) is 5.69 Å². The number of amides is 1. The Bertz CT molecular complexity index is 574. The highest BCUT2D eigenvalue weighted by molar-refractivity contribution is 5.93. The van der Waals surface area contributed by atoms with E-state index in [1.165, 1.54) is 17.6 Å². The number of carbonyl (C=O) groups is 2. The second-order valence-corrected chi connectivity index (χ2v) is 4.32. The van der Waals surface area contributed by atoms with Crippen LogP contribution in [0.15, 0.2) is 10.9 Å². The molecule has 2 rings (SSSR count). The van der Waals surface area contributed by atoms with Gasteiger partial charge in [-0.2, -0.15) is 0 Å². The van der Waals surface area contributed by atoms with Crippen LogP contribution in [0.2, 0.25) is 0 Å². The molecule has 1 aromatic heterocycles. The maximum atomic E-state index is 12.1. The van der Waals surface area contributed by atoms with Gasteiger partial charge in [-0.15, -0.1) is 0 Å². The number of fused-ring (bicyclic) bond motifs is 1. The van der Waals surface area contributed by atoms with Crippen molar-refractivity contribution in [2.75, 3.05) is 5.32 Å². The molecule has 1 aromatic rings. The topological polar surface area (TPSA) is 88.4 Å². The predicted molar refractivity (Wildman–Crippen MR) is 64.9 cm³/mol. The number of anilines is 1. The molecule has 2 N–H and O–H groups in total. The minimum Gasteiger partial charge on any atom is -0.478 e. The van der Waals surface area contributed by atoms with Gasteiger partial charge in [0.25, 0.3) is 5.56 Å². The van der Waals surface area contributed by atoms with E-state index in [4.69, 9.17) is 5.11 Å². The molecule has 18 heavy (non-hydrogen) atoms. The Morgan fingerprint density at radius 3 is 2.72 bits per heavy atom. The summed E-state index contributed by atoms with van der Waals surface area (Å²) in [4.78, 5) is 34.3. The van der Waals surface area contributed by atoms with E-state index in [0.717, 1.165) is 12.8 Å². The summed E-state index contributed by atoms with van der Waals surface area (Å²) >= 11 is 0. The molecule has 1 amide bonds. The molecule has 0 radical (unpaired) electrons. The van der Waals surface area contributed by atoms with Gasteiger partial charge in [-0.05, 0) is 25.3 Å². The highest BCUT2D eigenvalue weighted by Gasteiger charge is 2.21. The lowest BCUT2D eigenvalue weighted by molar-refractivity contribution is -0.114. The van der Waals surface area contributed by atoms with E-state index >= 15 is 0 Å². The van der Waals surface area contributed by atoms with Gasteiger partial charge in [0.1, 0.15) is 5.69 Å². The van der Waals surface area contributed by atoms with Gasteiger partial charge in [-0.3, -0.25) is 9.59 Å². The number of rotatable bonds is 2. The quantitative estimate of drug-likeness (QED) is 0.814. The molecule has 1 aliphatic rings. The third kappa shape index (κ3) is 2.13. The number of nitrogens with one attached hydrogen (secondary N) is 1. The second-order valence-electron chi connectivity index (χ2n) is 4.32. The highest BCUT2D eigenvalue weighted by atomic mass is 16.4. The molecule has 0 fully saturated rings. The molecule has 6 heteroatoms. The number of nitrogens with zero attached hydrogens (tertiary/aromatic N) is 1. The number of aromatic nitrogens is 1. The lowest BCUT2D eigenvalue weighted by Crippen LogP contribution is -2.32. The predicted octanol–water partition coefficient (Wildman–Crippen LogP) is 0.841. The molecule has 96 valence electrons. The lowest BCUT2D eigenvalue weighted by atomic mass is 10.0. The zero-order valence-corrected chi connectivity index (χ0v) is 10.0. The molecule has 0 bridgehead atoms. The average molecular weight is 250 g/mol. The number of aromatic carboxylic acids is 1. The monoisotopic (exact) mass is 250 g/mol. The summed E-state index contributed by atoms with van der Waals surface area (Å²) in [5.41, 5.74) is 0.348. The van der Waals surface area contributed by atoms with Gasteiger partial charge in [0, 0.05) is 19.2 Å². The molecule has 6 nitrogen and oxygen atoms in total. The molecule has 0 unspecified atom stereocenters. The van der Waals surface area contributed by atoms with Gasteiger partial charge in [-0.1, -0.05) is 0 Å². The summed E-state index contributed by atoms with van der Waals surface area (Å²) < 4.78 is 1.46. The Hall–Kier alpha value is -2.11. The number of hydrogen-bond acceptors (Lipinski definition) is 3. The van der Waals surface area contributed by atoms with Crippen molar-refractivity contribution in [3.8, 4) is 0 Å². The van der Waals surface area contributed by atoms with E-state index in [9.17, 15) is 14.4 Å². The average Bonchev–Trinajstić information content (AvgIpc) is 2.32. The second kappa shape index (κ2) is 4.64. The van der Waals surface area contributed by atoms with E-state index in [0.29, 0.717) is 18.7 Å². The van der Waals surface area contributed by atoms with Crippen LogP contribution in [0, 0.1) is 0 Å². The lowest BCUT2D eigenvalue weighted by Gasteiger charge is -2.21. The maximum absolute atomic E-state index is 12.1. The molecule has 0 aromatic carbocycles. The van der Waals surface area contributed by atoms with Gasteiger partial charge in [0.2, 0.25) is 5.91 Å². The van der Waals surface area contributed by atoms with Gasteiger partial charge >= 0.3 is 5.97 Å². The largest absolute Gasteiger partial charge is 0.478 e. The Morgan fingerprint density at radius 1 is 1.39 bits per heavy atom. The van der Waals surface area contributed by atoms with Crippen LogP contribution in [0.25, 0.3) is 0 Å². The molecular weight excluding hydrogens is 236 g/mol. The third-order valence-electron chi connectivity index (χ3n) is 2.99. The van der Waals surface area contributed by atoms with E-state index in [1.807, 2.05) is 0 Å². The smallest absolute Gasteiger partial charge is 0.337 e. The summed E-state index contributed by atoms with van der Waals surface area (Å²) in [6, 6.07) is 1.25. The number of carboxylic acid groups (broad SMARTS) is 1. The van der Waals surface area contributed by atoms with Gasteiger partial charge < -0.3 is 15.0 Å². The first kappa shape index (κ1) is 12.3. The SMILES string of the molecule is CC(=O)Nc1cc(C(=O)O)c2n(c1=O)CCCC2. The van der Waals surface area contributed by atoms with Crippen LogP contribution in [0.1, 0.15) is 35.8 Å². The van der Waals surface area contributed by atoms with Crippen molar-refractivity contribution >= 4 is 17.6 Å². The maximum Gasteiger partial charge on any atom is 0.337 e. The molecular formula is C12H14N2O4. The zero-order chi connectivity index (χ0) is 13.3. The van der Waals surface area contributed by atoms with Crippen molar-refractivity contribution in [1.82, 2.24) is 4.57 Å². The van der Waals surface area contributed by atoms with Crippen LogP contribution in [0.5, 0.6) is 0 Å². The van der Waals surface area contributed by atoms with Gasteiger partial charge in [0.15, 0.2) is 0 Å². The van der Waals surface area contributed by atoms with Crippen LogP contribution in [-0.4, -0.2) is 21.6 Å². The van der Waals surface area contributed by atoms with Crippen molar-refractivity contribution in [3.63, 3.8) is 0 Å². The van der Waals surface area contributed by atoms with Crippen molar-refractivity contribution in [3.05, 3.63) is 27.7 Å². The van der Waals surface area contributed by atoms with Crippen LogP contribution in [-0.2, 0) is 17.8 Å². The Kier molecular flexibility index (Phi) is 3.18. The molecule has 0 atom stereocenters. The highest BCUT2D eigenvalue weighted by Crippen LogP contribution is 2.19. The fourth-order valence-corrected chi connectivity index (χ4v) is 2.24. The van der Waals surface area contributed by atoms with E-state index in [1.54, 1.807) is 0 Å². The van der Waals surface area contributed by atoms with Crippen LogP contribution >= 0.6 is 0 Å². The van der Waals surface area contributed by atoms with Crippen molar-refractivity contribution < 1.29 is 14.7 Å². The van der Waals surface area contributed by atoms with Gasteiger partial charge in [-0.25, -0.2) is 4.79 Å². The molecule has 0 saturated heterocycles. The molecule has 0 spiro atoms. The van der Waals surface area contributed by atoms with Crippen molar-refractivity contribution in [2.24, 2.45) is 0 Å². The fraction of sp³-hybridized carbons (Fsp3) is 0.417. The number of carboxylic acids is 1. The van der Waals surface area contributed by atoms with Crippen LogP contribution in [0.3, 0.4) is 0 Å². The summed E-state index contributed by atoms with van der Waals surface area (Å²) in [5, 5.41) is 11.5. The standard InChI is InChI=1S/C12H14N2O4/c1-7(15)13-9-6-8(12(17)18)10-4-2-3-5-14(10)11(9)16/h6H,2-5H2,1H3,(H,13,15)(H,17,18). The molecule has 0 saturated carbocycles. The molecule has 0 aliphatic carbocycles. The number of pyridine rings is 1. The first-order valence-corrected chi connectivity index (χ1v) is 5.78. The zero-order valence-electron chi connectivity index (χ0n) is 10.0. The summed E-state index contributed by atoms with van der Waals surface area (Å²) in [6.07, 6.45) is 2.30. The van der Waals surface area contributed by atoms with Crippen molar-refractivity contribution in [1.29, 1.82) is 0 Å². The molecule has 2 heterocycles.